The summed E-state index contributed by atoms with van der Waals surface area (Å²) in [6.45, 7) is 1.80. The second kappa shape index (κ2) is 4.86. The van der Waals surface area contributed by atoms with Gasteiger partial charge in [-0.15, -0.1) is 0 Å². The van der Waals surface area contributed by atoms with E-state index in [9.17, 15) is 18.3 Å². The van der Waals surface area contributed by atoms with E-state index in [1.165, 1.54) is 0 Å². The summed E-state index contributed by atoms with van der Waals surface area (Å²) in [4.78, 5) is 0. The molecule has 3 nitrogen and oxygen atoms in total. The molecule has 0 saturated carbocycles. The van der Waals surface area contributed by atoms with Crippen LogP contribution in [-0.2, 0) is 13.5 Å². The average Bonchev–Trinajstić information content (AvgIpc) is 2.41. The van der Waals surface area contributed by atoms with Crippen LogP contribution in [0.15, 0.2) is 6.07 Å². The van der Waals surface area contributed by atoms with Gasteiger partial charge < -0.3 is 5.11 Å². The van der Waals surface area contributed by atoms with Crippen molar-refractivity contribution in [3.05, 3.63) is 17.5 Å². The van der Waals surface area contributed by atoms with E-state index in [0.717, 1.165) is 11.4 Å². The zero-order chi connectivity index (χ0) is 12.3. The maximum atomic E-state index is 11.9. The van der Waals surface area contributed by atoms with Gasteiger partial charge in [-0.25, -0.2) is 0 Å². The summed E-state index contributed by atoms with van der Waals surface area (Å²) in [7, 11) is 1.71. The molecule has 6 heteroatoms. The molecule has 0 amide bonds. The third kappa shape index (κ3) is 4.22. The van der Waals surface area contributed by atoms with Gasteiger partial charge in [0, 0.05) is 25.6 Å². The van der Waals surface area contributed by atoms with Crippen molar-refractivity contribution in [1.82, 2.24) is 9.78 Å². The highest BCUT2D eigenvalue weighted by Crippen LogP contribution is 2.23. The van der Waals surface area contributed by atoms with E-state index in [4.69, 9.17) is 0 Å². The number of aliphatic hydroxyl groups is 1. The highest BCUT2D eigenvalue weighted by atomic mass is 19.4. The number of hydrogen-bond donors (Lipinski definition) is 1. The number of aliphatic hydroxyl groups excluding tert-OH is 1. The van der Waals surface area contributed by atoms with Crippen molar-refractivity contribution >= 4 is 0 Å². The van der Waals surface area contributed by atoms with E-state index < -0.39 is 18.7 Å². The van der Waals surface area contributed by atoms with Crippen LogP contribution in [0, 0.1) is 6.92 Å². The minimum atomic E-state index is -4.21. The molecule has 1 rings (SSSR count). The predicted molar refractivity (Wildman–Crippen MR) is 52.9 cm³/mol. The van der Waals surface area contributed by atoms with Gasteiger partial charge in [-0.3, -0.25) is 4.68 Å². The van der Waals surface area contributed by atoms with Crippen LogP contribution in [0.2, 0.25) is 0 Å². The molecule has 1 aromatic rings. The molecule has 1 N–H and O–H groups in total. The molecule has 1 atom stereocenters. The van der Waals surface area contributed by atoms with Gasteiger partial charge in [0.15, 0.2) is 0 Å². The number of nitrogens with zero attached hydrogens (tertiary/aromatic N) is 2. The summed E-state index contributed by atoms with van der Waals surface area (Å²) >= 11 is 0. The van der Waals surface area contributed by atoms with Gasteiger partial charge in [0.25, 0.3) is 0 Å². The fourth-order valence-corrected chi connectivity index (χ4v) is 1.53. The van der Waals surface area contributed by atoms with Crippen molar-refractivity contribution in [2.45, 2.75) is 38.5 Å². The van der Waals surface area contributed by atoms with Crippen molar-refractivity contribution in [2.24, 2.45) is 7.05 Å². The first kappa shape index (κ1) is 13.0. The Labute approximate surface area is 91.9 Å². The molecular formula is C10H15F3N2O. The Bertz CT molecular complexity index is 346. The Hall–Kier alpha value is -1.04. The lowest BCUT2D eigenvalue weighted by atomic mass is 10.1. The molecule has 1 unspecified atom stereocenters. The van der Waals surface area contributed by atoms with E-state index in [1.807, 2.05) is 0 Å². The number of aryl methyl sites for hydroxylation is 2. The van der Waals surface area contributed by atoms with Crippen LogP contribution < -0.4 is 0 Å². The molecule has 92 valence electrons. The van der Waals surface area contributed by atoms with E-state index >= 15 is 0 Å². The summed E-state index contributed by atoms with van der Waals surface area (Å²) in [5.74, 6) is 0. The van der Waals surface area contributed by atoms with Gasteiger partial charge in [-0.2, -0.15) is 18.3 Å². The smallest absolute Gasteiger partial charge is 0.389 e. The first-order valence-electron chi connectivity index (χ1n) is 5.02. The second-order valence-corrected chi connectivity index (χ2v) is 3.91. The quantitative estimate of drug-likeness (QED) is 0.868. The van der Waals surface area contributed by atoms with E-state index in [0.29, 0.717) is 0 Å². The zero-order valence-electron chi connectivity index (χ0n) is 9.25. The Morgan fingerprint density at radius 3 is 2.56 bits per heavy atom. The predicted octanol–water partition coefficient (Wildman–Crippen LogP) is 1.97. The number of rotatable bonds is 4. The average molecular weight is 236 g/mol. The molecular weight excluding hydrogens is 221 g/mol. The van der Waals surface area contributed by atoms with Crippen LogP contribution >= 0.6 is 0 Å². The first-order valence-corrected chi connectivity index (χ1v) is 5.02. The molecule has 0 bridgehead atoms. The van der Waals surface area contributed by atoms with Crippen molar-refractivity contribution in [2.75, 3.05) is 0 Å². The van der Waals surface area contributed by atoms with Gasteiger partial charge in [0.1, 0.15) is 0 Å². The van der Waals surface area contributed by atoms with Gasteiger partial charge in [0.05, 0.1) is 11.8 Å². The van der Waals surface area contributed by atoms with Gasteiger partial charge in [-0.1, -0.05) is 0 Å². The molecule has 1 aromatic heterocycles. The van der Waals surface area contributed by atoms with E-state index in [-0.39, 0.29) is 12.8 Å². The third-order valence-corrected chi connectivity index (χ3v) is 2.30. The van der Waals surface area contributed by atoms with Crippen molar-refractivity contribution < 1.29 is 18.3 Å². The van der Waals surface area contributed by atoms with Crippen LogP contribution in [0.25, 0.3) is 0 Å². The zero-order valence-corrected chi connectivity index (χ0v) is 9.25. The maximum Gasteiger partial charge on any atom is 0.389 e. The molecule has 0 radical (unpaired) electrons. The van der Waals surface area contributed by atoms with Crippen molar-refractivity contribution in [3.8, 4) is 0 Å². The fraction of sp³-hybridized carbons (Fsp3) is 0.700. The summed E-state index contributed by atoms with van der Waals surface area (Å²) < 4.78 is 37.3. The van der Waals surface area contributed by atoms with Crippen LogP contribution in [-0.4, -0.2) is 27.2 Å². The molecule has 0 saturated heterocycles. The van der Waals surface area contributed by atoms with E-state index in [2.05, 4.69) is 5.10 Å². The second-order valence-electron chi connectivity index (χ2n) is 3.91. The summed E-state index contributed by atoms with van der Waals surface area (Å²) in [5.41, 5.74) is 1.53. The van der Waals surface area contributed by atoms with E-state index in [1.54, 1.807) is 24.7 Å². The lowest BCUT2D eigenvalue weighted by Crippen LogP contribution is -2.17. The number of aromatic nitrogens is 2. The monoisotopic (exact) mass is 236 g/mol. The SMILES string of the molecule is Cc1cc(CC(O)CCC(F)(F)F)n(C)n1. The fourth-order valence-electron chi connectivity index (χ4n) is 1.53. The highest BCUT2D eigenvalue weighted by Gasteiger charge is 2.28. The Morgan fingerprint density at radius 1 is 1.50 bits per heavy atom. The Morgan fingerprint density at radius 2 is 2.12 bits per heavy atom. The molecule has 0 spiro atoms. The van der Waals surface area contributed by atoms with Crippen LogP contribution in [0.5, 0.6) is 0 Å². The van der Waals surface area contributed by atoms with Gasteiger partial charge in [0.2, 0.25) is 0 Å². The lowest BCUT2D eigenvalue weighted by molar-refractivity contribution is -0.139. The number of alkyl halides is 3. The largest absolute Gasteiger partial charge is 0.393 e. The third-order valence-electron chi connectivity index (χ3n) is 2.30. The Kier molecular flexibility index (Phi) is 3.96. The van der Waals surface area contributed by atoms with Crippen molar-refractivity contribution in [1.29, 1.82) is 0 Å². The number of halogens is 3. The lowest BCUT2D eigenvalue weighted by Gasteiger charge is -2.12. The van der Waals surface area contributed by atoms with Crippen molar-refractivity contribution in [3.63, 3.8) is 0 Å². The molecule has 0 aromatic carbocycles. The summed E-state index contributed by atoms with van der Waals surface area (Å²) in [6, 6.07) is 1.76. The van der Waals surface area contributed by atoms with Crippen LogP contribution in [0.4, 0.5) is 13.2 Å². The normalized spacial score (nSPS) is 14.1. The van der Waals surface area contributed by atoms with Gasteiger partial charge in [-0.05, 0) is 19.4 Å². The minimum Gasteiger partial charge on any atom is -0.393 e. The molecule has 0 aliphatic carbocycles. The summed E-state index contributed by atoms with van der Waals surface area (Å²) in [6.07, 6.45) is -6.20. The molecule has 16 heavy (non-hydrogen) atoms. The first-order chi connectivity index (χ1) is 7.28. The van der Waals surface area contributed by atoms with Crippen LogP contribution in [0.1, 0.15) is 24.2 Å². The van der Waals surface area contributed by atoms with Gasteiger partial charge >= 0.3 is 6.18 Å². The Balaban J connectivity index is 2.45. The maximum absolute atomic E-state index is 11.9. The van der Waals surface area contributed by atoms with Crippen LogP contribution in [0.3, 0.4) is 0 Å². The molecule has 0 aliphatic heterocycles. The molecule has 0 fully saturated rings. The number of hydrogen-bond acceptors (Lipinski definition) is 2. The molecule has 1 heterocycles. The minimum absolute atomic E-state index is 0.202. The standard InChI is InChI=1S/C10H15F3N2O/c1-7-5-8(15(2)14-7)6-9(16)3-4-10(11,12)13/h5,9,16H,3-4,6H2,1-2H3. The highest BCUT2D eigenvalue weighted by molar-refractivity contribution is 5.09. The molecule has 0 aliphatic rings. The summed E-state index contributed by atoms with van der Waals surface area (Å²) in [5, 5.41) is 13.5. The topological polar surface area (TPSA) is 38.0 Å².